The second-order valence-corrected chi connectivity index (χ2v) is 5.82. The molecule has 0 aliphatic heterocycles. The fourth-order valence-corrected chi connectivity index (χ4v) is 2.99. The fraction of sp³-hybridized carbons (Fsp3) is 0. The Kier molecular flexibility index (Phi) is 3.63. The maximum Gasteiger partial charge on any atom is 0.266 e. The second-order valence-electron chi connectivity index (χ2n) is 5.41. The van der Waals surface area contributed by atoms with Gasteiger partial charge >= 0.3 is 0 Å². The van der Waals surface area contributed by atoms with Gasteiger partial charge in [-0.05, 0) is 24.3 Å². The number of halogens is 1. The smallest absolute Gasteiger partial charge is 0.266 e. The van der Waals surface area contributed by atoms with Gasteiger partial charge in [0.25, 0.3) is 5.56 Å². The molecule has 0 N–H and O–H groups in total. The van der Waals surface area contributed by atoms with Crippen LogP contribution in [0.15, 0.2) is 83.7 Å². The first-order valence-electron chi connectivity index (χ1n) is 7.58. The summed E-state index contributed by atoms with van der Waals surface area (Å²) < 4.78 is 1.58. The average molecular weight is 333 g/mol. The minimum atomic E-state index is -0.132. The van der Waals surface area contributed by atoms with E-state index in [1.807, 2.05) is 66.7 Å². The normalized spacial score (nSPS) is 10.9. The molecule has 3 nitrogen and oxygen atoms in total. The summed E-state index contributed by atoms with van der Waals surface area (Å²) >= 11 is 6.35. The molecule has 0 aliphatic carbocycles. The molecule has 4 aromatic rings. The van der Waals surface area contributed by atoms with Crippen molar-refractivity contribution < 1.29 is 0 Å². The van der Waals surface area contributed by atoms with Crippen LogP contribution in [-0.2, 0) is 0 Å². The summed E-state index contributed by atoms with van der Waals surface area (Å²) in [5, 5.41) is 1.07. The van der Waals surface area contributed by atoms with Crippen LogP contribution in [0.1, 0.15) is 0 Å². The first-order valence-corrected chi connectivity index (χ1v) is 7.95. The van der Waals surface area contributed by atoms with Crippen LogP contribution in [0, 0.1) is 0 Å². The Balaban J connectivity index is 2.16. The lowest BCUT2D eigenvalue weighted by atomic mass is 10.1. The zero-order chi connectivity index (χ0) is 16.5. The quantitative estimate of drug-likeness (QED) is 0.533. The molecular weight excluding hydrogens is 320 g/mol. The number of fused-ring (bicyclic) bond motifs is 1. The van der Waals surface area contributed by atoms with Gasteiger partial charge in [-0.3, -0.25) is 9.36 Å². The van der Waals surface area contributed by atoms with Crippen molar-refractivity contribution in [3.05, 3.63) is 94.2 Å². The molecule has 0 saturated carbocycles. The van der Waals surface area contributed by atoms with Crippen LogP contribution >= 0.6 is 11.6 Å². The molecule has 1 heterocycles. The van der Waals surface area contributed by atoms with Crippen LogP contribution in [0.3, 0.4) is 0 Å². The molecule has 0 atom stereocenters. The SMILES string of the molecule is O=c1c2ccccc2nc(-c2ccccc2)n1-c1ccccc1Cl. The van der Waals surface area contributed by atoms with Crippen LogP contribution in [0.4, 0.5) is 0 Å². The Bertz CT molecular complexity index is 1090. The lowest BCUT2D eigenvalue weighted by molar-refractivity contribution is 0.976. The molecule has 0 saturated heterocycles. The van der Waals surface area contributed by atoms with Gasteiger partial charge < -0.3 is 0 Å². The van der Waals surface area contributed by atoms with E-state index in [1.165, 1.54) is 0 Å². The minimum Gasteiger partial charge on any atom is -0.268 e. The summed E-state index contributed by atoms with van der Waals surface area (Å²) in [6, 6.07) is 24.3. The van der Waals surface area contributed by atoms with Crippen molar-refractivity contribution in [2.24, 2.45) is 0 Å². The largest absolute Gasteiger partial charge is 0.268 e. The van der Waals surface area contributed by atoms with Gasteiger partial charge in [-0.15, -0.1) is 0 Å². The van der Waals surface area contributed by atoms with Crippen LogP contribution in [0.2, 0.25) is 5.02 Å². The predicted molar refractivity (Wildman–Crippen MR) is 97.8 cm³/mol. The Morgan fingerprint density at radius 2 is 1.46 bits per heavy atom. The van der Waals surface area contributed by atoms with E-state index in [0.29, 0.717) is 27.4 Å². The molecule has 4 heteroatoms. The maximum absolute atomic E-state index is 13.1. The molecule has 24 heavy (non-hydrogen) atoms. The molecule has 0 amide bonds. The standard InChI is InChI=1S/C20H13ClN2O/c21-16-11-5-7-13-18(16)23-19(14-8-2-1-3-9-14)22-17-12-6-4-10-15(17)20(23)24/h1-13H. The third-order valence-electron chi connectivity index (χ3n) is 3.90. The first-order chi connectivity index (χ1) is 11.8. The zero-order valence-electron chi connectivity index (χ0n) is 12.7. The molecule has 1 aromatic heterocycles. The Morgan fingerprint density at radius 3 is 2.25 bits per heavy atom. The molecule has 0 bridgehead atoms. The van der Waals surface area contributed by atoms with Crippen molar-refractivity contribution in [2.45, 2.75) is 0 Å². The fourth-order valence-electron chi connectivity index (χ4n) is 2.77. The van der Waals surface area contributed by atoms with Gasteiger partial charge in [-0.25, -0.2) is 4.98 Å². The molecule has 0 unspecified atom stereocenters. The lowest BCUT2D eigenvalue weighted by Crippen LogP contribution is -2.22. The maximum atomic E-state index is 13.1. The molecule has 0 aliphatic rings. The minimum absolute atomic E-state index is 0.132. The van der Waals surface area contributed by atoms with Crippen molar-refractivity contribution >= 4 is 22.5 Å². The first kappa shape index (κ1) is 14.7. The number of rotatable bonds is 2. The lowest BCUT2D eigenvalue weighted by Gasteiger charge is -2.15. The summed E-state index contributed by atoms with van der Waals surface area (Å²) in [6.45, 7) is 0. The summed E-state index contributed by atoms with van der Waals surface area (Å²) in [7, 11) is 0. The van der Waals surface area contributed by atoms with Gasteiger partial charge in [0, 0.05) is 5.56 Å². The van der Waals surface area contributed by atoms with Gasteiger partial charge in [-0.1, -0.05) is 66.2 Å². The Hall–Kier alpha value is -2.91. The second kappa shape index (κ2) is 5.95. The molecule has 0 fully saturated rings. The van der Waals surface area contributed by atoms with Crippen molar-refractivity contribution in [2.75, 3.05) is 0 Å². The third kappa shape index (κ3) is 2.39. The number of para-hydroxylation sites is 2. The highest BCUT2D eigenvalue weighted by molar-refractivity contribution is 6.32. The van der Waals surface area contributed by atoms with E-state index in [-0.39, 0.29) is 5.56 Å². The summed E-state index contributed by atoms with van der Waals surface area (Å²) in [5.41, 5.74) is 2.03. The highest BCUT2D eigenvalue weighted by Gasteiger charge is 2.15. The molecule has 3 aromatic carbocycles. The number of hydrogen-bond donors (Lipinski definition) is 0. The average Bonchev–Trinajstić information content (AvgIpc) is 2.63. The van der Waals surface area contributed by atoms with E-state index in [9.17, 15) is 4.79 Å². The van der Waals surface area contributed by atoms with Gasteiger partial charge in [0.15, 0.2) is 0 Å². The molecule has 0 radical (unpaired) electrons. The molecule has 116 valence electrons. The van der Waals surface area contributed by atoms with Crippen molar-refractivity contribution in [3.63, 3.8) is 0 Å². The van der Waals surface area contributed by atoms with Crippen LogP contribution in [0.25, 0.3) is 28.0 Å². The predicted octanol–water partition coefficient (Wildman–Crippen LogP) is 4.71. The Morgan fingerprint density at radius 1 is 0.792 bits per heavy atom. The van der Waals surface area contributed by atoms with E-state index in [4.69, 9.17) is 16.6 Å². The number of nitrogens with zero attached hydrogens (tertiary/aromatic N) is 2. The van der Waals surface area contributed by atoms with Crippen LogP contribution in [0.5, 0.6) is 0 Å². The van der Waals surface area contributed by atoms with Crippen LogP contribution < -0.4 is 5.56 Å². The van der Waals surface area contributed by atoms with Crippen LogP contribution in [-0.4, -0.2) is 9.55 Å². The highest BCUT2D eigenvalue weighted by atomic mass is 35.5. The topological polar surface area (TPSA) is 34.9 Å². The van der Waals surface area contributed by atoms with E-state index >= 15 is 0 Å². The summed E-state index contributed by atoms with van der Waals surface area (Å²) in [6.07, 6.45) is 0. The van der Waals surface area contributed by atoms with E-state index in [1.54, 1.807) is 16.7 Å². The zero-order valence-corrected chi connectivity index (χ0v) is 13.4. The number of benzene rings is 3. The van der Waals surface area contributed by atoms with Crippen molar-refractivity contribution in [3.8, 4) is 17.1 Å². The van der Waals surface area contributed by atoms with Gasteiger partial charge in [0.1, 0.15) is 5.82 Å². The third-order valence-corrected chi connectivity index (χ3v) is 4.22. The van der Waals surface area contributed by atoms with Gasteiger partial charge in [0.05, 0.1) is 21.6 Å². The van der Waals surface area contributed by atoms with E-state index in [2.05, 4.69) is 0 Å². The van der Waals surface area contributed by atoms with Gasteiger partial charge in [0.2, 0.25) is 0 Å². The van der Waals surface area contributed by atoms with Crippen molar-refractivity contribution in [1.82, 2.24) is 9.55 Å². The molecule has 0 spiro atoms. The number of hydrogen-bond acceptors (Lipinski definition) is 2. The summed E-state index contributed by atoms with van der Waals surface area (Å²) in [4.78, 5) is 17.9. The van der Waals surface area contributed by atoms with Crippen molar-refractivity contribution in [1.29, 1.82) is 0 Å². The monoisotopic (exact) mass is 332 g/mol. The van der Waals surface area contributed by atoms with Gasteiger partial charge in [-0.2, -0.15) is 0 Å². The van der Waals surface area contributed by atoms with E-state index in [0.717, 1.165) is 5.56 Å². The number of aromatic nitrogens is 2. The molecular formula is C20H13ClN2O. The Labute approximate surface area is 143 Å². The summed E-state index contributed by atoms with van der Waals surface area (Å²) in [5.74, 6) is 0.576. The van der Waals surface area contributed by atoms with E-state index < -0.39 is 0 Å². The molecule has 4 rings (SSSR count). The highest BCUT2D eigenvalue weighted by Crippen LogP contribution is 2.25.